The molecule has 0 aliphatic carbocycles. The quantitative estimate of drug-likeness (QED) is 0.678. The van der Waals surface area contributed by atoms with Gasteiger partial charge in [-0.25, -0.2) is 10.2 Å². The molecule has 4 heteroatoms. The molecule has 1 fully saturated rings. The van der Waals surface area contributed by atoms with Gasteiger partial charge in [-0.15, -0.1) is 0 Å². The first-order valence-electron chi connectivity index (χ1n) is 7.42. The van der Waals surface area contributed by atoms with Crippen LogP contribution in [0.15, 0.2) is 54.9 Å². The van der Waals surface area contributed by atoms with Gasteiger partial charge in [0.05, 0.1) is 32.0 Å². The molecule has 21 heavy (non-hydrogen) atoms. The van der Waals surface area contributed by atoms with Crippen LogP contribution >= 0.6 is 0 Å². The third-order valence-electron chi connectivity index (χ3n) is 3.79. The topological polar surface area (TPSA) is 31.2 Å². The van der Waals surface area contributed by atoms with E-state index in [1.165, 1.54) is 12.8 Å². The van der Waals surface area contributed by atoms with Crippen molar-refractivity contribution in [1.29, 1.82) is 0 Å². The minimum Gasteiger partial charge on any atom is -0.264 e. The lowest BCUT2D eigenvalue weighted by Crippen LogP contribution is -2.40. The fraction of sp³-hybridized carbons (Fsp3) is 0.294. The molecule has 4 nitrogen and oxygen atoms in total. The van der Waals surface area contributed by atoms with Gasteiger partial charge in [0.25, 0.3) is 0 Å². The summed E-state index contributed by atoms with van der Waals surface area (Å²) in [5.41, 5.74) is 2.19. The average molecular weight is 281 g/mol. The Bertz CT molecular complexity index is 599. The van der Waals surface area contributed by atoms with Crippen molar-refractivity contribution in [3.05, 3.63) is 54.9 Å². The normalized spacial score (nSPS) is 14.0. The van der Waals surface area contributed by atoms with Gasteiger partial charge in [0.2, 0.25) is 0 Å². The fourth-order valence-corrected chi connectivity index (χ4v) is 2.63. The van der Waals surface area contributed by atoms with Crippen molar-refractivity contribution >= 4 is 17.3 Å². The van der Waals surface area contributed by atoms with Gasteiger partial charge in [-0.2, -0.15) is 0 Å². The number of rotatable bonds is 2. The Kier molecular flexibility index (Phi) is 4.15. The first-order chi connectivity index (χ1) is 10.3. The number of aromatic nitrogens is 1. The highest BCUT2D eigenvalue weighted by Crippen LogP contribution is 2.14. The molecule has 0 amide bonds. The molecular weight excluding hydrogens is 260 g/mol. The Morgan fingerprint density at radius 1 is 1.10 bits per heavy atom. The molecule has 0 spiro atoms. The van der Waals surface area contributed by atoms with E-state index in [0.29, 0.717) is 0 Å². The lowest BCUT2D eigenvalue weighted by atomic mass is 10.3. The number of nitrogens with zero attached hydrogens (tertiary/aromatic N) is 3. The van der Waals surface area contributed by atoms with E-state index < -0.39 is 0 Å². The number of hydrogen-bond donors (Lipinski definition) is 1. The van der Waals surface area contributed by atoms with Crippen molar-refractivity contribution < 1.29 is 4.58 Å². The maximum atomic E-state index is 4.22. The average Bonchev–Trinajstić information content (AvgIpc) is 3.08. The molecule has 1 N–H and O–H groups in total. The van der Waals surface area contributed by atoms with E-state index in [9.17, 15) is 0 Å². The molecule has 0 atom stereocenters. The van der Waals surface area contributed by atoms with E-state index in [1.807, 2.05) is 30.5 Å². The van der Waals surface area contributed by atoms with E-state index in [2.05, 4.69) is 45.0 Å². The Labute approximate surface area is 125 Å². The standard InChI is InChI=1S/C17H20N4/c1-20(16-10-7-11-18-14-16)17(21-12-5-6-13-21)19-15-8-3-2-4-9-15/h2-4,7-11,14H,5-6,12-13H2,1H3/p+1. The molecule has 1 aliphatic rings. The summed E-state index contributed by atoms with van der Waals surface area (Å²) < 4.78 is 2.40. The highest BCUT2D eigenvalue weighted by atomic mass is 15.3. The van der Waals surface area contributed by atoms with Crippen LogP contribution in [0.3, 0.4) is 0 Å². The molecule has 0 bridgehead atoms. The predicted octanol–water partition coefficient (Wildman–Crippen LogP) is 2.79. The minimum absolute atomic E-state index is 1.09. The summed E-state index contributed by atoms with van der Waals surface area (Å²) in [6.45, 7) is 2.19. The van der Waals surface area contributed by atoms with Gasteiger partial charge in [-0.05, 0) is 37.1 Å². The Morgan fingerprint density at radius 2 is 1.86 bits per heavy atom. The monoisotopic (exact) mass is 281 g/mol. The van der Waals surface area contributed by atoms with E-state index in [1.54, 1.807) is 6.20 Å². The Hall–Kier alpha value is -2.36. The van der Waals surface area contributed by atoms with Crippen LogP contribution in [-0.4, -0.2) is 35.7 Å². The van der Waals surface area contributed by atoms with Gasteiger partial charge in [0.1, 0.15) is 5.69 Å². The van der Waals surface area contributed by atoms with Gasteiger partial charge < -0.3 is 0 Å². The Morgan fingerprint density at radius 3 is 2.52 bits per heavy atom. The van der Waals surface area contributed by atoms with Crippen LogP contribution in [0.25, 0.3) is 0 Å². The number of hydrogen-bond acceptors (Lipinski definition) is 1. The molecule has 1 aromatic carbocycles. The van der Waals surface area contributed by atoms with Crippen molar-refractivity contribution in [1.82, 2.24) is 4.98 Å². The van der Waals surface area contributed by atoms with Crippen LogP contribution in [0.2, 0.25) is 0 Å². The predicted molar refractivity (Wildman–Crippen MR) is 86.9 cm³/mol. The number of nitrogens with one attached hydrogen (secondary N) is 1. The second kappa shape index (κ2) is 6.39. The Balaban J connectivity index is 1.92. The van der Waals surface area contributed by atoms with Crippen molar-refractivity contribution in [2.24, 2.45) is 0 Å². The number of guanidine groups is 1. The SMILES string of the molecule is CN(C(Nc1ccccc1)=[N+]1CCCC1)c1cccnc1. The first-order valence-corrected chi connectivity index (χ1v) is 7.42. The van der Waals surface area contributed by atoms with E-state index >= 15 is 0 Å². The highest BCUT2D eigenvalue weighted by molar-refractivity contribution is 6.01. The third-order valence-corrected chi connectivity index (χ3v) is 3.79. The van der Waals surface area contributed by atoms with Gasteiger partial charge in [-0.3, -0.25) is 9.56 Å². The lowest BCUT2D eigenvalue weighted by Gasteiger charge is -2.18. The number of para-hydroxylation sites is 1. The summed E-state index contributed by atoms with van der Waals surface area (Å²) in [5, 5.41) is 3.56. The number of anilines is 2. The summed E-state index contributed by atoms with van der Waals surface area (Å²) in [6, 6.07) is 14.4. The summed E-state index contributed by atoms with van der Waals surface area (Å²) in [6.07, 6.45) is 6.20. The summed E-state index contributed by atoms with van der Waals surface area (Å²) in [4.78, 5) is 6.39. The molecule has 2 heterocycles. The van der Waals surface area contributed by atoms with Crippen LogP contribution in [0.5, 0.6) is 0 Å². The first kappa shape index (κ1) is 13.6. The van der Waals surface area contributed by atoms with Crippen LogP contribution in [0.1, 0.15) is 12.8 Å². The van der Waals surface area contributed by atoms with Gasteiger partial charge >= 0.3 is 5.96 Å². The zero-order valence-electron chi connectivity index (χ0n) is 12.4. The van der Waals surface area contributed by atoms with Crippen LogP contribution in [0.4, 0.5) is 11.4 Å². The van der Waals surface area contributed by atoms with Gasteiger partial charge in [0.15, 0.2) is 0 Å². The molecule has 3 rings (SSSR count). The molecule has 0 radical (unpaired) electrons. The van der Waals surface area contributed by atoms with Crippen molar-refractivity contribution in [2.45, 2.75) is 12.8 Å². The molecule has 1 aliphatic heterocycles. The summed E-state index contributed by atoms with van der Waals surface area (Å²) in [5.74, 6) is 1.12. The lowest BCUT2D eigenvalue weighted by molar-refractivity contribution is -0.507. The van der Waals surface area contributed by atoms with Crippen LogP contribution in [0, 0.1) is 0 Å². The largest absolute Gasteiger partial charge is 0.357 e. The van der Waals surface area contributed by atoms with E-state index in [4.69, 9.17) is 0 Å². The molecule has 1 aromatic heterocycles. The number of pyridine rings is 1. The molecular formula is C17H21N4+. The second-order valence-corrected chi connectivity index (χ2v) is 5.28. The molecule has 1 saturated heterocycles. The summed E-state index contributed by atoms with van der Waals surface area (Å²) in [7, 11) is 2.08. The van der Waals surface area contributed by atoms with E-state index in [0.717, 1.165) is 30.4 Å². The third kappa shape index (κ3) is 3.21. The van der Waals surface area contributed by atoms with Crippen molar-refractivity contribution in [3.8, 4) is 0 Å². The molecule has 2 aromatic rings. The van der Waals surface area contributed by atoms with Gasteiger partial charge in [0, 0.05) is 6.20 Å². The van der Waals surface area contributed by atoms with Crippen molar-refractivity contribution in [3.63, 3.8) is 0 Å². The minimum atomic E-state index is 1.09. The smallest absolute Gasteiger partial charge is 0.264 e. The maximum absolute atomic E-state index is 4.22. The van der Waals surface area contributed by atoms with E-state index in [-0.39, 0.29) is 0 Å². The fourth-order valence-electron chi connectivity index (χ4n) is 2.63. The highest BCUT2D eigenvalue weighted by Gasteiger charge is 2.23. The van der Waals surface area contributed by atoms with Crippen LogP contribution in [-0.2, 0) is 0 Å². The zero-order valence-corrected chi connectivity index (χ0v) is 12.4. The van der Waals surface area contributed by atoms with Crippen molar-refractivity contribution in [2.75, 3.05) is 30.4 Å². The maximum Gasteiger partial charge on any atom is 0.357 e. The zero-order chi connectivity index (χ0) is 14.5. The number of benzene rings is 1. The molecule has 0 unspecified atom stereocenters. The molecule has 108 valence electrons. The van der Waals surface area contributed by atoms with Crippen LogP contribution < -0.4 is 10.2 Å². The second-order valence-electron chi connectivity index (χ2n) is 5.28. The molecule has 0 saturated carbocycles. The van der Waals surface area contributed by atoms with Gasteiger partial charge in [-0.1, -0.05) is 18.2 Å². The summed E-state index contributed by atoms with van der Waals surface area (Å²) >= 11 is 0.